The first kappa shape index (κ1) is 17.7. The topological polar surface area (TPSA) is 119 Å². The third-order valence-electron chi connectivity index (χ3n) is 3.09. The molecule has 2 rings (SSSR count). The van der Waals surface area contributed by atoms with Crippen molar-refractivity contribution in [2.24, 2.45) is 0 Å². The highest BCUT2D eigenvalue weighted by atomic mass is 16.5. The van der Waals surface area contributed by atoms with E-state index < -0.39 is 5.60 Å². The van der Waals surface area contributed by atoms with Crippen molar-refractivity contribution in [3.63, 3.8) is 0 Å². The van der Waals surface area contributed by atoms with Crippen LogP contribution in [0.2, 0.25) is 0 Å². The van der Waals surface area contributed by atoms with Crippen LogP contribution in [0.25, 0.3) is 11.0 Å². The number of aliphatic hydroxyl groups is 1. The molecule has 0 aliphatic heterocycles. The van der Waals surface area contributed by atoms with Crippen molar-refractivity contribution in [3.8, 4) is 5.88 Å². The predicted octanol–water partition coefficient (Wildman–Crippen LogP) is 2.01. The number of rotatable bonds is 8. The first-order valence-corrected chi connectivity index (χ1v) is 7.76. The number of aromatic nitrogens is 3. The maximum absolute atomic E-state index is 9.74. The summed E-state index contributed by atoms with van der Waals surface area (Å²) in [5.74, 6) is 0.814. The molecule has 0 saturated heterocycles. The van der Waals surface area contributed by atoms with Gasteiger partial charge in [0.25, 0.3) is 0 Å². The lowest BCUT2D eigenvalue weighted by molar-refractivity contribution is 0.0835. The number of hydrogen-bond acceptors (Lipinski definition) is 7. The number of fused-ring (bicyclic) bond motifs is 1. The molecule has 0 unspecified atom stereocenters. The first-order chi connectivity index (χ1) is 11.3. The molecule has 0 bridgehead atoms. The van der Waals surface area contributed by atoms with Crippen molar-refractivity contribution in [1.29, 1.82) is 5.41 Å². The smallest absolute Gasteiger partial charge is 0.232 e. The molecule has 0 aliphatic rings. The van der Waals surface area contributed by atoms with Gasteiger partial charge in [0, 0.05) is 18.9 Å². The molecule has 0 saturated carbocycles. The molecule has 0 aliphatic carbocycles. The second-order valence-corrected chi connectivity index (χ2v) is 6.03. The highest BCUT2D eigenvalue weighted by Crippen LogP contribution is 2.23. The van der Waals surface area contributed by atoms with Gasteiger partial charge in [0.2, 0.25) is 11.8 Å². The number of nitrogens with zero attached hydrogens (tertiary/aromatic N) is 2. The summed E-state index contributed by atoms with van der Waals surface area (Å²) in [5, 5.41) is 24.4. The van der Waals surface area contributed by atoms with Gasteiger partial charge in [-0.3, -0.25) is 0 Å². The minimum absolute atomic E-state index is 0.311. The van der Waals surface area contributed by atoms with Gasteiger partial charge in [0.1, 0.15) is 5.65 Å². The third-order valence-corrected chi connectivity index (χ3v) is 3.09. The molecule has 2 aromatic heterocycles. The second kappa shape index (κ2) is 7.31. The normalized spacial score (nSPS) is 12.3. The van der Waals surface area contributed by atoms with Gasteiger partial charge in [0.05, 0.1) is 29.0 Å². The number of allylic oxidation sites excluding steroid dienone is 1. The van der Waals surface area contributed by atoms with Crippen LogP contribution in [0.15, 0.2) is 24.2 Å². The summed E-state index contributed by atoms with van der Waals surface area (Å²) in [6.45, 7) is 7.80. The highest BCUT2D eigenvalue weighted by Gasteiger charge is 2.13. The van der Waals surface area contributed by atoms with Crippen LogP contribution in [0.4, 0.5) is 5.95 Å². The lowest BCUT2D eigenvalue weighted by Gasteiger charge is -2.17. The molecule has 0 aromatic carbocycles. The maximum atomic E-state index is 9.74. The summed E-state index contributed by atoms with van der Waals surface area (Å²) in [4.78, 5) is 11.8. The Bertz CT molecular complexity index is 745. The van der Waals surface area contributed by atoms with Crippen LogP contribution in [0.1, 0.15) is 27.7 Å². The standard InChI is InChI=1S/C16H24N6O2/c1-5-24-14-11-6-7-19-13(11)21-15(22-14)20-12(10(2)17)8-18-9-16(3,4)23/h6-8,17-18,23H,5,9H2,1-4H3,(H2,19,20,21,22)/b12-8+,17-10?. The predicted molar refractivity (Wildman–Crippen MR) is 94.5 cm³/mol. The number of anilines is 1. The quantitative estimate of drug-likeness (QED) is 0.472. The average Bonchev–Trinajstić information content (AvgIpc) is 2.93. The van der Waals surface area contributed by atoms with E-state index in [1.54, 1.807) is 33.2 Å². The minimum Gasteiger partial charge on any atom is -0.477 e. The molecule has 2 heterocycles. The van der Waals surface area contributed by atoms with E-state index >= 15 is 0 Å². The third kappa shape index (κ3) is 4.69. The largest absolute Gasteiger partial charge is 0.477 e. The summed E-state index contributed by atoms with van der Waals surface area (Å²) in [6, 6.07) is 1.85. The Kier molecular flexibility index (Phi) is 5.40. The van der Waals surface area contributed by atoms with Crippen LogP contribution in [0, 0.1) is 5.41 Å². The average molecular weight is 332 g/mol. The Morgan fingerprint density at radius 1 is 1.46 bits per heavy atom. The van der Waals surface area contributed by atoms with E-state index in [0.29, 0.717) is 42.0 Å². The fourth-order valence-corrected chi connectivity index (χ4v) is 1.98. The first-order valence-electron chi connectivity index (χ1n) is 7.76. The van der Waals surface area contributed by atoms with Crippen LogP contribution in [-0.4, -0.2) is 44.5 Å². The fraction of sp³-hybridized carbons (Fsp3) is 0.438. The number of nitrogens with one attached hydrogen (secondary N) is 4. The Labute approximate surface area is 140 Å². The zero-order chi connectivity index (χ0) is 17.7. The number of ether oxygens (including phenoxy) is 1. The minimum atomic E-state index is -0.848. The van der Waals surface area contributed by atoms with Gasteiger partial charge in [-0.05, 0) is 33.8 Å². The van der Waals surface area contributed by atoms with Crippen molar-refractivity contribution in [3.05, 3.63) is 24.2 Å². The van der Waals surface area contributed by atoms with E-state index in [2.05, 4.69) is 25.6 Å². The van der Waals surface area contributed by atoms with Crippen molar-refractivity contribution in [2.45, 2.75) is 33.3 Å². The molecule has 24 heavy (non-hydrogen) atoms. The summed E-state index contributed by atoms with van der Waals surface area (Å²) in [5.41, 5.74) is 0.626. The molecular weight excluding hydrogens is 308 g/mol. The second-order valence-electron chi connectivity index (χ2n) is 6.03. The number of hydrogen-bond donors (Lipinski definition) is 5. The van der Waals surface area contributed by atoms with Crippen LogP contribution in [-0.2, 0) is 0 Å². The van der Waals surface area contributed by atoms with Gasteiger partial charge in [-0.25, -0.2) is 0 Å². The highest BCUT2D eigenvalue weighted by molar-refractivity contribution is 5.98. The Hall–Kier alpha value is -2.61. The molecule has 130 valence electrons. The molecule has 2 aromatic rings. The van der Waals surface area contributed by atoms with E-state index in [9.17, 15) is 5.11 Å². The van der Waals surface area contributed by atoms with E-state index in [1.165, 1.54) is 0 Å². The van der Waals surface area contributed by atoms with Gasteiger partial charge < -0.3 is 30.9 Å². The van der Waals surface area contributed by atoms with Crippen LogP contribution < -0.4 is 15.4 Å². The van der Waals surface area contributed by atoms with Crippen LogP contribution >= 0.6 is 0 Å². The summed E-state index contributed by atoms with van der Waals surface area (Å²) >= 11 is 0. The van der Waals surface area contributed by atoms with Gasteiger partial charge >= 0.3 is 0 Å². The SMILES string of the molecule is CCOc1nc(N/C(=C/NCC(C)(C)O)C(C)=N)nc2[nH]ccc12. The number of H-pyrrole nitrogens is 1. The number of aromatic amines is 1. The Morgan fingerprint density at radius 2 is 2.21 bits per heavy atom. The Balaban J connectivity index is 2.24. The molecule has 0 amide bonds. The summed E-state index contributed by atoms with van der Waals surface area (Å²) < 4.78 is 5.55. The molecule has 8 nitrogen and oxygen atoms in total. The molecular formula is C16H24N6O2. The van der Waals surface area contributed by atoms with E-state index in [1.807, 2.05) is 13.0 Å². The lowest BCUT2D eigenvalue weighted by Crippen LogP contribution is -2.32. The van der Waals surface area contributed by atoms with Crippen molar-refractivity contribution >= 4 is 22.7 Å². The lowest BCUT2D eigenvalue weighted by atomic mass is 10.1. The van der Waals surface area contributed by atoms with E-state index in [4.69, 9.17) is 10.1 Å². The molecule has 0 atom stereocenters. The van der Waals surface area contributed by atoms with E-state index in [0.717, 1.165) is 5.39 Å². The molecule has 0 spiro atoms. The van der Waals surface area contributed by atoms with Gasteiger partial charge in [-0.2, -0.15) is 9.97 Å². The Morgan fingerprint density at radius 3 is 2.83 bits per heavy atom. The zero-order valence-electron chi connectivity index (χ0n) is 14.4. The van der Waals surface area contributed by atoms with Gasteiger partial charge in [-0.15, -0.1) is 0 Å². The fourth-order valence-electron chi connectivity index (χ4n) is 1.98. The molecule has 5 N–H and O–H groups in total. The van der Waals surface area contributed by atoms with Crippen LogP contribution in [0.3, 0.4) is 0 Å². The summed E-state index contributed by atoms with van der Waals surface area (Å²) in [6.07, 6.45) is 3.40. The summed E-state index contributed by atoms with van der Waals surface area (Å²) in [7, 11) is 0. The zero-order valence-corrected chi connectivity index (χ0v) is 14.4. The van der Waals surface area contributed by atoms with Gasteiger partial charge in [0.15, 0.2) is 0 Å². The van der Waals surface area contributed by atoms with Crippen molar-refractivity contribution < 1.29 is 9.84 Å². The van der Waals surface area contributed by atoms with Crippen LogP contribution in [0.5, 0.6) is 5.88 Å². The van der Waals surface area contributed by atoms with E-state index in [-0.39, 0.29) is 0 Å². The molecule has 0 radical (unpaired) electrons. The monoisotopic (exact) mass is 332 g/mol. The molecule has 0 fully saturated rings. The van der Waals surface area contributed by atoms with Gasteiger partial charge in [-0.1, -0.05) is 0 Å². The van der Waals surface area contributed by atoms with Crippen molar-refractivity contribution in [1.82, 2.24) is 20.3 Å². The molecule has 8 heteroatoms. The maximum Gasteiger partial charge on any atom is 0.232 e. The van der Waals surface area contributed by atoms with Crippen molar-refractivity contribution in [2.75, 3.05) is 18.5 Å².